The molecule has 0 spiro atoms. The molecule has 2 N–H and O–H groups in total. The minimum Gasteiger partial charge on any atom is -0.352 e. The zero-order chi connectivity index (χ0) is 22.1. The highest BCUT2D eigenvalue weighted by Gasteiger charge is 2.22. The van der Waals surface area contributed by atoms with Gasteiger partial charge in [-0.25, -0.2) is 18.3 Å². The zero-order valence-corrected chi connectivity index (χ0v) is 17.5. The van der Waals surface area contributed by atoms with Crippen molar-refractivity contribution in [2.24, 2.45) is 5.92 Å². The molecule has 1 aliphatic heterocycles. The zero-order valence-electron chi connectivity index (χ0n) is 17.5. The third-order valence-electron chi connectivity index (χ3n) is 5.88. The van der Waals surface area contributed by atoms with Crippen LogP contribution in [0.3, 0.4) is 0 Å². The van der Waals surface area contributed by atoms with Gasteiger partial charge in [-0.05, 0) is 57.8 Å². The van der Waals surface area contributed by atoms with Gasteiger partial charge in [0.15, 0.2) is 5.65 Å². The molecule has 0 radical (unpaired) electrons. The van der Waals surface area contributed by atoms with Gasteiger partial charge in [0.05, 0.1) is 5.69 Å². The number of hydrogen-bond donors (Lipinski definition) is 2. The lowest BCUT2D eigenvalue weighted by Crippen LogP contribution is -2.41. The number of aromatic amines is 1. The summed E-state index contributed by atoms with van der Waals surface area (Å²) in [5.41, 5.74) is -0.175. The number of carbonyl (C=O) groups is 1. The standard InChI is InChI=1S/C22H25F2N5O2/c1-13(2)28-7-5-14(6-8-28)11-25-22(31)17-12-26-29-20(30)10-19(27-21(17)29)16-4-3-15(23)9-18(16)24/h3-4,9-10,12-14,26H,5-8,11H2,1-2H3,(H,25,31). The quantitative estimate of drug-likeness (QED) is 0.654. The van der Waals surface area contributed by atoms with Crippen molar-refractivity contribution in [3.05, 3.63) is 58.0 Å². The number of fused-ring (bicyclic) bond motifs is 1. The molecule has 0 unspecified atom stereocenters. The molecule has 1 saturated heterocycles. The van der Waals surface area contributed by atoms with Crippen LogP contribution < -0.4 is 10.9 Å². The number of amides is 1. The summed E-state index contributed by atoms with van der Waals surface area (Å²) in [5, 5.41) is 5.65. The first-order valence-corrected chi connectivity index (χ1v) is 10.4. The molecular weight excluding hydrogens is 404 g/mol. The second-order valence-electron chi connectivity index (χ2n) is 8.23. The predicted molar refractivity (Wildman–Crippen MR) is 113 cm³/mol. The molecule has 4 rings (SSSR count). The van der Waals surface area contributed by atoms with Crippen LogP contribution in [0.4, 0.5) is 8.78 Å². The number of benzene rings is 1. The SMILES string of the molecule is CC(C)N1CCC(CNC(=O)c2c[nH]n3c(=O)cc(-c4ccc(F)cc4F)nc23)CC1. The van der Waals surface area contributed by atoms with Crippen molar-refractivity contribution in [3.63, 3.8) is 0 Å². The van der Waals surface area contributed by atoms with Gasteiger partial charge in [-0.3, -0.25) is 14.7 Å². The molecule has 164 valence electrons. The maximum atomic E-state index is 14.2. The van der Waals surface area contributed by atoms with Crippen LogP contribution in [0, 0.1) is 17.6 Å². The van der Waals surface area contributed by atoms with Crippen LogP contribution in [-0.2, 0) is 0 Å². The number of likely N-dealkylation sites (tertiary alicyclic amines) is 1. The van der Waals surface area contributed by atoms with Gasteiger partial charge >= 0.3 is 0 Å². The summed E-state index contributed by atoms with van der Waals surface area (Å²) >= 11 is 0. The summed E-state index contributed by atoms with van der Waals surface area (Å²) in [4.78, 5) is 31.9. The van der Waals surface area contributed by atoms with E-state index in [4.69, 9.17) is 0 Å². The van der Waals surface area contributed by atoms with Crippen LogP contribution in [0.15, 0.2) is 35.3 Å². The number of H-pyrrole nitrogens is 1. The maximum Gasteiger partial charge on any atom is 0.273 e. The molecule has 3 heterocycles. The van der Waals surface area contributed by atoms with E-state index in [2.05, 4.69) is 34.1 Å². The highest BCUT2D eigenvalue weighted by Crippen LogP contribution is 2.22. The van der Waals surface area contributed by atoms with Gasteiger partial charge in [-0.1, -0.05) is 0 Å². The molecule has 1 aliphatic rings. The van der Waals surface area contributed by atoms with E-state index in [9.17, 15) is 18.4 Å². The minimum absolute atomic E-state index is 0.00882. The maximum absolute atomic E-state index is 14.2. The molecule has 9 heteroatoms. The Balaban J connectivity index is 1.53. The summed E-state index contributed by atoms with van der Waals surface area (Å²) < 4.78 is 28.5. The fourth-order valence-electron chi connectivity index (χ4n) is 3.99. The lowest BCUT2D eigenvalue weighted by molar-refractivity contribution is 0.0931. The molecule has 1 amide bonds. The second-order valence-corrected chi connectivity index (χ2v) is 8.23. The second kappa shape index (κ2) is 8.58. The van der Waals surface area contributed by atoms with E-state index in [1.165, 1.54) is 12.3 Å². The number of halogens is 2. The van der Waals surface area contributed by atoms with Crippen LogP contribution in [0.5, 0.6) is 0 Å². The van der Waals surface area contributed by atoms with Crippen molar-refractivity contribution < 1.29 is 13.6 Å². The van der Waals surface area contributed by atoms with E-state index in [1.807, 2.05) is 0 Å². The topological polar surface area (TPSA) is 82.5 Å². The first kappa shape index (κ1) is 21.2. The van der Waals surface area contributed by atoms with Crippen molar-refractivity contribution in [2.45, 2.75) is 32.7 Å². The Morgan fingerprint density at radius 3 is 2.68 bits per heavy atom. The molecule has 0 bridgehead atoms. The van der Waals surface area contributed by atoms with Crippen molar-refractivity contribution in [1.82, 2.24) is 24.8 Å². The molecular formula is C22H25F2N5O2. The van der Waals surface area contributed by atoms with Gasteiger partial charge in [0.2, 0.25) is 0 Å². The normalized spacial score (nSPS) is 15.6. The fourth-order valence-corrected chi connectivity index (χ4v) is 3.99. The van der Waals surface area contributed by atoms with E-state index in [1.54, 1.807) is 0 Å². The number of nitrogens with zero attached hydrogens (tertiary/aromatic N) is 3. The molecule has 1 aromatic carbocycles. The van der Waals surface area contributed by atoms with Crippen molar-refractivity contribution in [3.8, 4) is 11.3 Å². The van der Waals surface area contributed by atoms with Gasteiger partial charge in [-0.2, -0.15) is 0 Å². The summed E-state index contributed by atoms with van der Waals surface area (Å²) in [7, 11) is 0. The average molecular weight is 429 g/mol. The Bertz CT molecular complexity index is 1160. The third kappa shape index (κ3) is 4.36. The van der Waals surface area contributed by atoms with Crippen LogP contribution in [0.25, 0.3) is 16.9 Å². The lowest BCUT2D eigenvalue weighted by Gasteiger charge is -2.34. The molecule has 0 aliphatic carbocycles. The van der Waals surface area contributed by atoms with E-state index in [0.717, 1.165) is 48.6 Å². The molecule has 7 nitrogen and oxygen atoms in total. The molecule has 2 aromatic heterocycles. The monoisotopic (exact) mass is 429 g/mol. The number of hydrogen-bond acceptors (Lipinski definition) is 4. The summed E-state index contributed by atoms with van der Waals surface area (Å²) in [6.07, 6.45) is 3.43. The van der Waals surface area contributed by atoms with Gasteiger partial charge in [-0.15, -0.1) is 0 Å². The van der Waals surface area contributed by atoms with Crippen molar-refractivity contribution >= 4 is 11.6 Å². The van der Waals surface area contributed by atoms with Gasteiger partial charge in [0.1, 0.15) is 17.2 Å². The van der Waals surface area contributed by atoms with Gasteiger partial charge in [0, 0.05) is 36.5 Å². The largest absolute Gasteiger partial charge is 0.352 e. The summed E-state index contributed by atoms with van der Waals surface area (Å²) in [5.74, 6) is -1.51. The average Bonchev–Trinajstić information content (AvgIpc) is 3.17. The smallest absolute Gasteiger partial charge is 0.273 e. The summed E-state index contributed by atoms with van der Waals surface area (Å²) in [6.45, 7) is 6.92. The predicted octanol–water partition coefficient (Wildman–Crippen LogP) is 2.82. The Kier molecular flexibility index (Phi) is 5.86. The lowest BCUT2D eigenvalue weighted by atomic mass is 9.96. The van der Waals surface area contributed by atoms with E-state index in [0.29, 0.717) is 18.5 Å². The Morgan fingerprint density at radius 2 is 2.00 bits per heavy atom. The highest BCUT2D eigenvalue weighted by molar-refractivity contribution is 5.99. The molecule has 31 heavy (non-hydrogen) atoms. The molecule has 3 aromatic rings. The Labute approximate surface area is 178 Å². The first-order chi connectivity index (χ1) is 14.8. The van der Waals surface area contributed by atoms with Crippen LogP contribution >= 0.6 is 0 Å². The van der Waals surface area contributed by atoms with Gasteiger partial charge < -0.3 is 10.2 Å². The number of piperidine rings is 1. The minimum atomic E-state index is -0.828. The number of aromatic nitrogens is 3. The summed E-state index contributed by atoms with van der Waals surface area (Å²) in [6, 6.07) is 4.71. The molecule has 1 fully saturated rings. The number of rotatable bonds is 5. The first-order valence-electron chi connectivity index (χ1n) is 10.4. The van der Waals surface area contributed by atoms with Crippen LogP contribution in [-0.4, -0.2) is 51.1 Å². The molecule has 0 saturated carbocycles. The Morgan fingerprint density at radius 1 is 1.26 bits per heavy atom. The van der Waals surface area contributed by atoms with Crippen molar-refractivity contribution in [1.29, 1.82) is 0 Å². The van der Waals surface area contributed by atoms with Crippen LogP contribution in [0.1, 0.15) is 37.0 Å². The van der Waals surface area contributed by atoms with E-state index in [-0.39, 0.29) is 28.4 Å². The van der Waals surface area contributed by atoms with Gasteiger partial charge in [0.25, 0.3) is 11.5 Å². The highest BCUT2D eigenvalue weighted by atomic mass is 19.1. The third-order valence-corrected chi connectivity index (χ3v) is 5.88. The number of nitrogens with one attached hydrogen (secondary N) is 2. The fraction of sp³-hybridized carbons (Fsp3) is 0.409. The van der Waals surface area contributed by atoms with E-state index >= 15 is 0 Å². The Hall–Kier alpha value is -3.07. The van der Waals surface area contributed by atoms with E-state index < -0.39 is 17.2 Å². The van der Waals surface area contributed by atoms with Crippen molar-refractivity contribution in [2.75, 3.05) is 19.6 Å². The number of carbonyl (C=O) groups excluding carboxylic acids is 1. The van der Waals surface area contributed by atoms with Crippen LogP contribution in [0.2, 0.25) is 0 Å². The molecule has 0 atom stereocenters.